The number of quaternary nitrogens is 1. The number of nitrogens with zero attached hydrogens (tertiary/aromatic N) is 1. The summed E-state index contributed by atoms with van der Waals surface area (Å²) >= 11 is 0. The molecule has 0 radical (unpaired) electrons. The van der Waals surface area contributed by atoms with Crippen molar-refractivity contribution in [3.63, 3.8) is 0 Å². The number of rotatable bonds is 6. The highest BCUT2D eigenvalue weighted by Crippen LogP contribution is 2.23. The number of piperazine rings is 1. The van der Waals surface area contributed by atoms with Crippen molar-refractivity contribution in [2.45, 2.75) is 13.0 Å². The average molecular weight is 388 g/mol. The molecule has 4 heteroatoms. The number of hydrogen-bond acceptors (Lipinski definition) is 3. The Morgan fingerprint density at radius 2 is 1.48 bits per heavy atom. The van der Waals surface area contributed by atoms with Crippen LogP contribution in [0, 0.1) is 0 Å². The Hall–Kier alpha value is -3.11. The van der Waals surface area contributed by atoms with E-state index in [4.69, 9.17) is 4.74 Å². The molecule has 1 saturated heterocycles. The monoisotopic (exact) mass is 387 g/mol. The van der Waals surface area contributed by atoms with Gasteiger partial charge in [0.1, 0.15) is 23.8 Å². The van der Waals surface area contributed by atoms with Crippen LogP contribution in [0.25, 0.3) is 0 Å². The Labute approximate surface area is 172 Å². The van der Waals surface area contributed by atoms with Crippen LogP contribution in [0.3, 0.4) is 0 Å². The van der Waals surface area contributed by atoms with Crippen molar-refractivity contribution in [1.29, 1.82) is 0 Å². The summed E-state index contributed by atoms with van der Waals surface area (Å²) in [6, 6.07) is 26.7. The molecule has 1 aliphatic heterocycles. The van der Waals surface area contributed by atoms with Crippen molar-refractivity contribution in [3.8, 4) is 11.5 Å². The Morgan fingerprint density at radius 3 is 2.10 bits per heavy atom. The van der Waals surface area contributed by atoms with Crippen LogP contribution < -0.4 is 14.5 Å². The Kier molecular flexibility index (Phi) is 5.92. The van der Waals surface area contributed by atoms with Crippen LogP contribution in [0.15, 0.2) is 78.9 Å². The minimum atomic E-state index is 0.445. The number of benzene rings is 3. The van der Waals surface area contributed by atoms with Gasteiger partial charge in [-0.2, -0.15) is 0 Å². The molecule has 0 aromatic heterocycles. The molecule has 1 N–H and O–H groups in total. The summed E-state index contributed by atoms with van der Waals surface area (Å²) in [6.07, 6.45) is 0.893. The zero-order chi connectivity index (χ0) is 20.1. The topological polar surface area (TPSA) is 34.0 Å². The van der Waals surface area contributed by atoms with Gasteiger partial charge in [-0.25, -0.2) is 0 Å². The molecule has 29 heavy (non-hydrogen) atoms. The molecule has 3 aromatic carbocycles. The third-order valence-corrected chi connectivity index (χ3v) is 5.77. The van der Waals surface area contributed by atoms with E-state index in [1.165, 1.54) is 11.3 Å². The van der Waals surface area contributed by atoms with Crippen molar-refractivity contribution < 1.29 is 14.4 Å². The first-order chi connectivity index (χ1) is 14.2. The maximum Gasteiger partial charge on any atom is 0.150 e. The van der Waals surface area contributed by atoms with Crippen molar-refractivity contribution >= 4 is 12.0 Å². The van der Waals surface area contributed by atoms with Crippen molar-refractivity contribution in [2.75, 3.05) is 31.1 Å². The number of carbonyl (C=O) groups is 1. The van der Waals surface area contributed by atoms with Gasteiger partial charge in [-0.15, -0.1) is 0 Å². The summed E-state index contributed by atoms with van der Waals surface area (Å²) in [5.41, 5.74) is 3.26. The number of aldehydes is 1. The largest absolute Gasteiger partial charge is 0.457 e. The lowest BCUT2D eigenvalue weighted by molar-refractivity contribution is -0.930. The number of anilines is 1. The highest BCUT2D eigenvalue weighted by molar-refractivity contribution is 5.75. The maximum absolute atomic E-state index is 10.8. The molecule has 0 spiro atoms. The predicted molar refractivity (Wildman–Crippen MR) is 116 cm³/mol. The van der Waals surface area contributed by atoms with E-state index in [0.29, 0.717) is 6.04 Å². The van der Waals surface area contributed by atoms with Crippen molar-refractivity contribution in [3.05, 3.63) is 90.0 Å². The van der Waals surface area contributed by atoms with Crippen LogP contribution in [0.1, 0.15) is 28.9 Å². The van der Waals surface area contributed by atoms with E-state index in [-0.39, 0.29) is 0 Å². The fourth-order valence-electron chi connectivity index (χ4n) is 3.93. The molecule has 0 saturated carbocycles. The first-order valence-corrected chi connectivity index (χ1v) is 10.2. The summed E-state index contributed by atoms with van der Waals surface area (Å²) in [4.78, 5) is 14.8. The molecule has 1 fully saturated rings. The average Bonchev–Trinajstić information content (AvgIpc) is 2.80. The van der Waals surface area contributed by atoms with Crippen molar-refractivity contribution in [1.82, 2.24) is 0 Å². The molecular weight excluding hydrogens is 360 g/mol. The van der Waals surface area contributed by atoms with Gasteiger partial charge in [0.2, 0.25) is 0 Å². The van der Waals surface area contributed by atoms with Gasteiger partial charge in [-0.1, -0.05) is 18.2 Å². The van der Waals surface area contributed by atoms with Crippen LogP contribution in [-0.4, -0.2) is 32.5 Å². The normalized spacial score (nSPS) is 15.7. The highest BCUT2D eigenvalue weighted by atomic mass is 16.5. The minimum absolute atomic E-state index is 0.445. The Morgan fingerprint density at radius 1 is 0.862 bits per heavy atom. The standard InChI is InChI=1S/C25H26N2O2/c1-20(22-9-13-25(14-10-22)29-24-5-3-2-4-6-24)26-15-17-27(18-16-26)23-11-7-21(19-28)8-12-23/h2-14,19-20H,15-18H2,1H3/p+1/t20-/m0/s1. The van der Waals surface area contributed by atoms with E-state index < -0.39 is 0 Å². The number of para-hydroxylation sites is 1. The van der Waals surface area contributed by atoms with Gasteiger partial charge in [0.25, 0.3) is 0 Å². The highest BCUT2D eigenvalue weighted by Gasteiger charge is 2.25. The molecule has 4 nitrogen and oxygen atoms in total. The van der Waals surface area contributed by atoms with Crippen molar-refractivity contribution in [2.24, 2.45) is 0 Å². The molecule has 0 bridgehead atoms. The van der Waals surface area contributed by atoms with E-state index >= 15 is 0 Å². The van der Waals surface area contributed by atoms with Gasteiger partial charge in [0.15, 0.2) is 0 Å². The van der Waals surface area contributed by atoms with E-state index in [1.54, 1.807) is 4.90 Å². The first kappa shape index (κ1) is 19.2. The number of hydrogen-bond donors (Lipinski definition) is 1. The summed E-state index contributed by atoms with van der Waals surface area (Å²) in [6.45, 7) is 6.54. The molecule has 1 aliphatic rings. The van der Waals surface area contributed by atoms with Gasteiger partial charge in [0.05, 0.1) is 26.2 Å². The molecule has 148 valence electrons. The molecular formula is C25H27N2O2+. The molecule has 3 aromatic rings. The molecule has 1 atom stereocenters. The van der Waals surface area contributed by atoms with Gasteiger partial charge in [0, 0.05) is 16.8 Å². The third kappa shape index (κ3) is 4.66. The second-order valence-corrected chi connectivity index (χ2v) is 7.56. The van der Waals surface area contributed by atoms with E-state index in [1.807, 2.05) is 54.6 Å². The Balaban J connectivity index is 1.34. The lowest BCUT2D eigenvalue weighted by Gasteiger charge is -2.36. The quantitative estimate of drug-likeness (QED) is 0.654. The van der Waals surface area contributed by atoms with Gasteiger partial charge in [-0.05, 0) is 67.6 Å². The summed E-state index contributed by atoms with van der Waals surface area (Å²) < 4.78 is 5.90. The second-order valence-electron chi connectivity index (χ2n) is 7.56. The lowest BCUT2D eigenvalue weighted by Crippen LogP contribution is -3.14. The van der Waals surface area contributed by atoms with Crippen LogP contribution in [-0.2, 0) is 0 Å². The van der Waals surface area contributed by atoms with Gasteiger partial charge < -0.3 is 14.5 Å². The second kappa shape index (κ2) is 8.93. The number of carbonyl (C=O) groups excluding carboxylic acids is 1. The maximum atomic E-state index is 10.8. The summed E-state index contributed by atoms with van der Waals surface area (Å²) in [5, 5.41) is 0. The number of nitrogens with one attached hydrogen (secondary N) is 1. The van der Waals surface area contributed by atoms with Crippen LogP contribution in [0.4, 0.5) is 5.69 Å². The van der Waals surface area contributed by atoms with Crippen LogP contribution >= 0.6 is 0 Å². The Bertz CT molecular complexity index is 915. The molecule has 1 heterocycles. The van der Waals surface area contributed by atoms with Gasteiger partial charge in [-0.3, -0.25) is 4.79 Å². The smallest absolute Gasteiger partial charge is 0.150 e. The molecule has 0 unspecified atom stereocenters. The summed E-state index contributed by atoms with van der Waals surface area (Å²) in [5.74, 6) is 1.72. The fraction of sp³-hybridized carbons (Fsp3) is 0.240. The SMILES string of the molecule is C[C@@H](c1ccc(Oc2ccccc2)cc1)[NH+]1CCN(c2ccc(C=O)cc2)CC1. The zero-order valence-corrected chi connectivity index (χ0v) is 16.8. The minimum Gasteiger partial charge on any atom is -0.457 e. The summed E-state index contributed by atoms with van der Waals surface area (Å²) in [7, 11) is 0. The predicted octanol–water partition coefficient (Wildman–Crippen LogP) is 3.76. The molecule has 4 rings (SSSR count). The first-order valence-electron chi connectivity index (χ1n) is 10.2. The lowest BCUT2D eigenvalue weighted by atomic mass is 10.1. The fourth-order valence-corrected chi connectivity index (χ4v) is 3.93. The third-order valence-electron chi connectivity index (χ3n) is 5.77. The molecule has 0 aliphatic carbocycles. The molecule has 0 amide bonds. The zero-order valence-electron chi connectivity index (χ0n) is 16.8. The van der Waals surface area contributed by atoms with Crippen LogP contribution in [0.2, 0.25) is 0 Å². The van der Waals surface area contributed by atoms with Gasteiger partial charge >= 0.3 is 0 Å². The van der Waals surface area contributed by atoms with Crippen LogP contribution in [0.5, 0.6) is 11.5 Å². The number of ether oxygens (including phenoxy) is 1. The van der Waals surface area contributed by atoms with E-state index in [9.17, 15) is 4.79 Å². The van der Waals surface area contributed by atoms with E-state index in [0.717, 1.165) is 49.5 Å². The van der Waals surface area contributed by atoms with E-state index in [2.05, 4.69) is 36.1 Å².